The van der Waals surface area contributed by atoms with E-state index < -0.39 is 56.7 Å². The van der Waals surface area contributed by atoms with Crippen molar-refractivity contribution in [1.82, 2.24) is 0 Å². The smallest absolute Gasteiger partial charge is 0.194 e. The highest BCUT2D eigenvalue weighted by Gasteiger charge is 2.26. The molecule has 0 aliphatic rings. The Morgan fingerprint density at radius 1 is 0.611 bits per heavy atom. The van der Waals surface area contributed by atoms with Crippen molar-refractivity contribution in [3.05, 3.63) is 40.5 Å². The summed E-state index contributed by atoms with van der Waals surface area (Å²) in [7, 11) is 0.914. The fraction of sp³-hybridized carbons (Fsp3) is 0.0909. The van der Waals surface area contributed by atoms with Crippen LogP contribution in [0, 0.1) is 41.8 Å². The van der Waals surface area contributed by atoms with E-state index in [9.17, 15) is 26.3 Å². The zero-order valence-corrected chi connectivity index (χ0v) is 9.27. The van der Waals surface area contributed by atoms with Crippen molar-refractivity contribution in [2.45, 2.75) is 6.92 Å². The van der Waals surface area contributed by atoms with Crippen LogP contribution in [0.15, 0.2) is 0 Å². The average Bonchev–Trinajstić information content (AvgIpc) is 2.35. The fourth-order valence-corrected chi connectivity index (χ4v) is 1.82. The summed E-state index contributed by atoms with van der Waals surface area (Å²) in [4.78, 5) is 0. The maximum absolute atomic E-state index is 13.7. The van der Waals surface area contributed by atoms with Gasteiger partial charge in [0, 0.05) is 10.9 Å². The summed E-state index contributed by atoms with van der Waals surface area (Å²) in [5.74, 6) is -10.0. The molecule has 0 radical (unpaired) electrons. The van der Waals surface area contributed by atoms with Crippen molar-refractivity contribution in [3.8, 4) is 0 Å². The van der Waals surface area contributed by atoms with E-state index in [1.807, 2.05) is 0 Å². The molecule has 94 valence electrons. The second-order valence-corrected chi connectivity index (χ2v) is 3.88. The van der Waals surface area contributed by atoms with Gasteiger partial charge in [0.25, 0.3) is 0 Å². The Kier molecular flexibility index (Phi) is 2.79. The molecule has 0 spiro atoms. The number of fused-ring (bicyclic) bond motifs is 1. The summed E-state index contributed by atoms with van der Waals surface area (Å²) < 4.78 is 80.4. The molecule has 0 aromatic heterocycles. The highest BCUT2D eigenvalue weighted by atomic mass is 19.2. The maximum Gasteiger partial charge on any atom is 0.194 e. The van der Waals surface area contributed by atoms with Gasteiger partial charge in [0.2, 0.25) is 0 Å². The first kappa shape index (κ1) is 12.8. The van der Waals surface area contributed by atoms with Gasteiger partial charge >= 0.3 is 0 Å². The minimum absolute atomic E-state index is 0.681. The molecule has 0 heterocycles. The zero-order valence-electron chi connectivity index (χ0n) is 9.27. The topological polar surface area (TPSA) is 0 Å². The van der Waals surface area contributed by atoms with E-state index in [1.54, 1.807) is 0 Å². The van der Waals surface area contributed by atoms with Gasteiger partial charge in [-0.2, -0.15) is 0 Å². The average molecular weight is 262 g/mol. The van der Waals surface area contributed by atoms with E-state index in [4.69, 9.17) is 0 Å². The van der Waals surface area contributed by atoms with Gasteiger partial charge < -0.3 is 0 Å². The summed E-state index contributed by atoms with van der Waals surface area (Å²) in [6.07, 6.45) is 0. The molecule has 0 atom stereocenters. The molecule has 0 unspecified atom stereocenters. The molecule has 0 nitrogen and oxygen atoms in total. The van der Waals surface area contributed by atoms with Crippen molar-refractivity contribution >= 4 is 24.1 Å². The number of hydrogen-bond acceptors (Lipinski definition) is 0. The van der Waals surface area contributed by atoms with E-state index in [-0.39, 0.29) is 0 Å². The van der Waals surface area contributed by atoms with Gasteiger partial charge in [0.1, 0.15) is 13.7 Å². The van der Waals surface area contributed by atoms with Crippen molar-refractivity contribution in [2.75, 3.05) is 0 Å². The summed E-state index contributed by atoms with van der Waals surface area (Å²) in [5, 5.41) is -2.00. The predicted molar refractivity (Wildman–Crippen MR) is 56.6 cm³/mol. The first-order chi connectivity index (χ1) is 8.29. The number of rotatable bonds is 0. The lowest BCUT2D eigenvalue weighted by Gasteiger charge is -2.11. The number of benzene rings is 2. The SMILES string of the molecule is Bc1c(F)c(F)c(F)c2c(F)c(C)c(F)c(F)c12. The maximum atomic E-state index is 13.7. The molecular formula is C11H5BF6. The van der Waals surface area contributed by atoms with E-state index in [2.05, 4.69) is 0 Å². The monoisotopic (exact) mass is 262 g/mol. The van der Waals surface area contributed by atoms with Crippen LogP contribution >= 0.6 is 0 Å². The molecule has 7 heteroatoms. The minimum Gasteiger partial charge on any atom is -0.206 e. The fourth-order valence-electron chi connectivity index (χ4n) is 1.82. The van der Waals surface area contributed by atoms with Crippen LogP contribution in [-0.2, 0) is 0 Å². The Labute approximate surface area is 98.6 Å². The Morgan fingerprint density at radius 3 is 1.67 bits per heavy atom. The van der Waals surface area contributed by atoms with Crippen LogP contribution in [0.3, 0.4) is 0 Å². The third-order valence-electron chi connectivity index (χ3n) is 2.85. The molecule has 2 aromatic carbocycles. The summed E-state index contributed by atoms with van der Waals surface area (Å²) in [5.41, 5.74) is -1.47. The summed E-state index contributed by atoms with van der Waals surface area (Å²) >= 11 is 0. The molecule has 0 saturated heterocycles. The Balaban J connectivity index is 3.22. The van der Waals surface area contributed by atoms with Crippen molar-refractivity contribution < 1.29 is 26.3 Å². The Hall–Kier alpha value is -1.66. The summed E-state index contributed by atoms with van der Waals surface area (Å²) in [6, 6.07) is 0. The highest BCUT2D eigenvalue weighted by Crippen LogP contribution is 2.30. The van der Waals surface area contributed by atoms with Gasteiger partial charge in [-0.15, -0.1) is 0 Å². The second-order valence-electron chi connectivity index (χ2n) is 3.88. The summed E-state index contributed by atoms with van der Waals surface area (Å²) in [6.45, 7) is 0.878. The van der Waals surface area contributed by atoms with Crippen LogP contribution < -0.4 is 5.46 Å². The zero-order chi connectivity index (χ0) is 13.8. The molecule has 0 N–H and O–H groups in total. The van der Waals surface area contributed by atoms with Crippen molar-refractivity contribution in [3.63, 3.8) is 0 Å². The van der Waals surface area contributed by atoms with Crippen molar-refractivity contribution in [2.24, 2.45) is 0 Å². The third kappa shape index (κ3) is 1.42. The lowest BCUT2D eigenvalue weighted by Crippen LogP contribution is -2.18. The molecule has 2 rings (SSSR count). The molecular weight excluding hydrogens is 257 g/mol. The number of hydrogen-bond donors (Lipinski definition) is 0. The lowest BCUT2D eigenvalue weighted by molar-refractivity contribution is 0.450. The third-order valence-corrected chi connectivity index (χ3v) is 2.85. The Morgan fingerprint density at radius 2 is 1.11 bits per heavy atom. The molecule has 18 heavy (non-hydrogen) atoms. The first-order valence-electron chi connectivity index (χ1n) is 4.88. The molecule has 0 amide bonds. The molecule has 2 aromatic rings. The van der Waals surface area contributed by atoms with E-state index in [1.165, 1.54) is 0 Å². The largest absolute Gasteiger partial charge is 0.206 e. The van der Waals surface area contributed by atoms with Crippen LogP contribution in [0.2, 0.25) is 0 Å². The molecule has 0 aliphatic carbocycles. The van der Waals surface area contributed by atoms with Crippen LogP contribution in [0.5, 0.6) is 0 Å². The lowest BCUT2D eigenvalue weighted by atomic mass is 9.87. The standard InChI is InChI=1S/C11H5BF6/c1-2-6(13)4-3(8(15)7(2)14)5(12)10(17)11(18)9(4)16/h12H2,1H3. The Bertz CT molecular complexity index is 567. The molecule has 0 fully saturated rings. The predicted octanol–water partition coefficient (Wildman–Crippen LogP) is 2.24. The van der Waals surface area contributed by atoms with Gasteiger partial charge in [-0.3, -0.25) is 0 Å². The van der Waals surface area contributed by atoms with E-state index >= 15 is 0 Å². The highest BCUT2D eigenvalue weighted by molar-refractivity contribution is 6.39. The van der Waals surface area contributed by atoms with E-state index in [0.29, 0.717) is 0 Å². The first-order valence-corrected chi connectivity index (χ1v) is 4.88. The van der Waals surface area contributed by atoms with Crippen LogP contribution in [-0.4, -0.2) is 7.85 Å². The van der Waals surface area contributed by atoms with Gasteiger partial charge in [0.15, 0.2) is 29.1 Å². The van der Waals surface area contributed by atoms with Gasteiger partial charge in [0.05, 0.1) is 5.39 Å². The second kappa shape index (κ2) is 3.93. The van der Waals surface area contributed by atoms with Crippen LogP contribution in [0.25, 0.3) is 10.8 Å². The van der Waals surface area contributed by atoms with Gasteiger partial charge in [-0.25, -0.2) is 26.3 Å². The normalized spacial score (nSPS) is 11.3. The van der Waals surface area contributed by atoms with Crippen molar-refractivity contribution in [1.29, 1.82) is 0 Å². The van der Waals surface area contributed by atoms with Crippen LogP contribution in [0.4, 0.5) is 26.3 Å². The number of halogens is 6. The minimum atomic E-state index is -1.91. The molecule has 0 bridgehead atoms. The van der Waals surface area contributed by atoms with E-state index in [0.717, 1.165) is 14.8 Å². The van der Waals surface area contributed by atoms with Gasteiger partial charge in [-0.1, -0.05) is 0 Å². The van der Waals surface area contributed by atoms with Crippen LogP contribution in [0.1, 0.15) is 5.56 Å². The quantitative estimate of drug-likeness (QED) is 0.295. The van der Waals surface area contributed by atoms with Gasteiger partial charge in [-0.05, 0) is 12.4 Å². The molecule has 0 saturated carbocycles. The molecule has 0 aliphatic heterocycles.